The molecule has 1 aromatic rings. The SMILES string of the molecule is CC(C)NC/C(=C/c1ccc(Br)cc1Cl)C(C)C. The van der Waals surface area contributed by atoms with Gasteiger partial charge in [0.15, 0.2) is 0 Å². The van der Waals surface area contributed by atoms with E-state index in [1.807, 2.05) is 18.2 Å². The highest BCUT2D eigenvalue weighted by Gasteiger charge is 2.06. The summed E-state index contributed by atoms with van der Waals surface area (Å²) in [6.45, 7) is 9.64. The Kier molecular flexibility index (Phi) is 6.40. The van der Waals surface area contributed by atoms with Crippen LogP contribution in [0.1, 0.15) is 33.3 Å². The topological polar surface area (TPSA) is 12.0 Å². The Morgan fingerprint density at radius 1 is 1.33 bits per heavy atom. The fraction of sp³-hybridized carbons (Fsp3) is 0.467. The van der Waals surface area contributed by atoms with E-state index in [1.165, 1.54) is 5.57 Å². The lowest BCUT2D eigenvalue weighted by Crippen LogP contribution is -2.26. The lowest BCUT2D eigenvalue weighted by Gasteiger charge is -2.15. The third kappa shape index (κ3) is 5.13. The van der Waals surface area contributed by atoms with Crippen LogP contribution in [-0.2, 0) is 0 Å². The molecule has 0 aliphatic rings. The molecule has 1 rings (SSSR count). The van der Waals surface area contributed by atoms with Gasteiger partial charge in [0.2, 0.25) is 0 Å². The highest BCUT2D eigenvalue weighted by molar-refractivity contribution is 9.10. The standard InChI is InChI=1S/C15H21BrClN/c1-10(2)13(9-18-11(3)4)7-12-5-6-14(16)8-15(12)17/h5-8,10-11,18H,9H2,1-4H3/b13-7-. The van der Waals surface area contributed by atoms with E-state index in [-0.39, 0.29) is 0 Å². The Balaban J connectivity index is 2.93. The van der Waals surface area contributed by atoms with Crippen LogP contribution in [-0.4, -0.2) is 12.6 Å². The van der Waals surface area contributed by atoms with Crippen molar-refractivity contribution in [2.45, 2.75) is 33.7 Å². The summed E-state index contributed by atoms with van der Waals surface area (Å²) in [7, 11) is 0. The monoisotopic (exact) mass is 329 g/mol. The maximum Gasteiger partial charge on any atom is 0.0489 e. The van der Waals surface area contributed by atoms with Crippen molar-refractivity contribution in [2.24, 2.45) is 5.92 Å². The molecule has 0 saturated carbocycles. The van der Waals surface area contributed by atoms with E-state index >= 15 is 0 Å². The van der Waals surface area contributed by atoms with Gasteiger partial charge in [-0.3, -0.25) is 0 Å². The van der Waals surface area contributed by atoms with Crippen LogP contribution in [0.4, 0.5) is 0 Å². The van der Waals surface area contributed by atoms with Crippen molar-refractivity contribution in [1.82, 2.24) is 5.32 Å². The number of benzene rings is 1. The van der Waals surface area contributed by atoms with Crippen LogP contribution in [0.5, 0.6) is 0 Å². The molecule has 1 nitrogen and oxygen atoms in total. The smallest absolute Gasteiger partial charge is 0.0489 e. The van der Waals surface area contributed by atoms with Gasteiger partial charge < -0.3 is 5.32 Å². The van der Waals surface area contributed by atoms with Crippen molar-refractivity contribution in [1.29, 1.82) is 0 Å². The van der Waals surface area contributed by atoms with Gasteiger partial charge in [-0.2, -0.15) is 0 Å². The Labute approximate surface area is 124 Å². The number of halogens is 2. The molecular weight excluding hydrogens is 310 g/mol. The molecule has 0 radical (unpaired) electrons. The summed E-state index contributed by atoms with van der Waals surface area (Å²) in [6, 6.07) is 6.49. The predicted molar refractivity (Wildman–Crippen MR) is 85.1 cm³/mol. The molecule has 18 heavy (non-hydrogen) atoms. The summed E-state index contributed by atoms with van der Waals surface area (Å²) < 4.78 is 1.01. The first-order valence-electron chi connectivity index (χ1n) is 6.29. The van der Waals surface area contributed by atoms with Crippen molar-refractivity contribution in [3.05, 3.63) is 38.8 Å². The van der Waals surface area contributed by atoms with Gasteiger partial charge in [0.05, 0.1) is 0 Å². The second-order valence-corrected chi connectivity index (χ2v) is 6.40. The van der Waals surface area contributed by atoms with E-state index in [2.05, 4.69) is 55.0 Å². The maximum atomic E-state index is 6.25. The normalized spacial score (nSPS) is 12.6. The third-order valence-electron chi connectivity index (χ3n) is 2.76. The van der Waals surface area contributed by atoms with Gasteiger partial charge >= 0.3 is 0 Å². The second kappa shape index (κ2) is 7.32. The van der Waals surface area contributed by atoms with Crippen molar-refractivity contribution in [2.75, 3.05) is 6.54 Å². The molecule has 0 bridgehead atoms. The van der Waals surface area contributed by atoms with Gasteiger partial charge in [-0.15, -0.1) is 0 Å². The van der Waals surface area contributed by atoms with Crippen LogP contribution in [0.2, 0.25) is 5.02 Å². The van der Waals surface area contributed by atoms with Crippen LogP contribution < -0.4 is 5.32 Å². The Hall–Kier alpha value is -0.310. The van der Waals surface area contributed by atoms with Crippen LogP contribution in [0.3, 0.4) is 0 Å². The Bertz CT molecular complexity index is 425. The Morgan fingerprint density at radius 3 is 2.50 bits per heavy atom. The molecular formula is C15H21BrClN. The van der Waals surface area contributed by atoms with E-state index in [0.717, 1.165) is 21.6 Å². The zero-order chi connectivity index (χ0) is 13.7. The average Bonchev–Trinajstić information content (AvgIpc) is 2.26. The molecule has 0 spiro atoms. The highest BCUT2D eigenvalue weighted by Crippen LogP contribution is 2.24. The number of hydrogen-bond donors (Lipinski definition) is 1. The largest absolute Gasteiger partial charge is 0.311 e. The van der Waals surface area contributed by atoms with E-state index in [4.69, 9.17) is 11.6 Å². The van der Waals surface area contributed by atoms with Crippen molar-refractivity contribution >= 4 is 33.6 Å². The number of hydrogen-bond acceptors (Lipinski definition) is 1. The minimum absolute atomic E-state index is 0.493. The highest BCUT2D eigenvalue weighted by atomic mass is 79.9. The first-order chi connectivity index (χ1) is 8.40. The third-order valence-corrected chi connectivity index (χ3v) is 3.58. The molecule has 0 heterocycles. The average molecular weight is 331 g/mol. The minimum atomic E-state index is 0.493. The molecule has 0 aliphatic heterocycles. The zero-order valence-corrected chi connectivity index (χ0v) is 13.8. The molecule has 0 fully saturated rings. The molecule has 0 saturated heterocycles. The molecule has 0 amide bonds. The lowest BCUT2D eigenvalue weighted by molar-refractivity contribution is 0.593. The lowest BCUT2D eigenvalue weighted by atomic mass is 10.00. The van der Waals surface area contributed by atoms with Gasteiger partial charge in [0, 0.05) is 22.1 Å². The van der Waals surface area contributed by atoms with E-state index in [0.29, 0.717) is 12.0 Å². The van der Waals surface area contributed by atoms with E-state index in [1.54, 1.807) is 0 Å². The molecule has 1 N–H and O–H groups in total. The Morgan fingerprint density at radius 2 is 2.00 bits per heavy atom. The summed E-state index contributed by atoms with van der Waals surface area (Å²) in [5.41, 5.74) is 2.45. The first kappa shape index (κ1) is 15.7. The van der Waals surface area contributed by atoms with Crippen LogP contribution in [0.25, 0.3) is 6.08 Å². The number of nitrogens with one attached hydrogen (secondary N) is 1. The molecule has 100 valence electrons. The van der Waals surface area contributed by atoms with Crippen LogP contribution in [0, 0.1) is 5.92 Å². The van der Waals surface area contributed by atoms with Crippen LogP contribution >= 0.6 is 27.5 Å². The van der Waals surface area contributed by atoms with Gasteiger partial charge in [0.25, 0.3) is 0 Å². The fourth-order valence-corrected chi connectivity index (χ4v) is 2.29. The van der Waals surface area contributed by atoms with Crippen molar-refractivity contribution < 1.29 is 0 Å². The van der Waals surface area contributed by atoms with E-state index < -0.39 is 0 Å². The van der Waals surface area contributed by atoms with Gasteiger partial charge in [-0.05, 0) is 23.6 Å². The molecule has 0 unspecified atom stereocenters. The van der Waals surface area contributed by atoms with E-state index in [9.17, 15) is 0 Å². The van der Waals surface area contributed by atoms with Gasteiger partial charge in [0.1, 0.15) is 0 Å². The first-order valence-corrected chi connectivity index (χ1v) is 7.46. The van der Waals surface area contributed by atoms with Crippen molar-refractivity contribution in [3.8, 4) is 0 Å². The second-order valence-electron chi connectivity index (χ2n) is 5.08. The van der Waals surface area contributed by atoms with Gasteiger partial charge in [-0.1, -0.05) is 72.9 Å². The summed E-state index contributed by atoms with van der Waals surface area (Å²) in [4.78, 5) is 0. The predicted octanol–water partition coefficient (Wildman–Crippen LogP) is 5.14. The molecule has 0 aromatic heterocycles. The fourth-order valence-electron chi connectivity index (χ4n) is 1.56. The summed E-state index contributed by atoms with van der Waals surface area (Å²) in [6.07, 6.45) is 2.19. The maximum absolute atomic E-state index is 6.25. The minimum Gasteiger partial charge on any atom is -0.311 e. The quantitative estimate of drug-likeness (QED) is 0.788. The van der Waals surface area contributed by atoms with Gasteiger partial charge in [-0.25, -0.2) is 0 Å². The molecule has 0 atom stereocenters. The summed E-state index contributed by atoms with van der Waals surface area (Å²) >= 11 is 9.67. The number of rotatable bonds is 5. The summed E-state index contributed by atoms with van der Waals surface area (Å²) in [5.74, 6) is 0.510. The van der Waals surface area contributed by atoms with Crippen molar-refractivity contribution in [3.63, 3.8) is 0 Å². The molecule has 1 aromatic carbocycles. The van der Waals surface area contributed by atoms with Crippen LogP contribution in [0.15, 0.2) is 28.2 Å². The summed E-state index contributed by atoms with van der Waals surface area (Å²) in [5, 5.41) is 4.24. The zero-order valence-electron chi connectivity index (χ0n) is 11.4. The molecule has 0 aliphatic carbocycles. The molecule has 3 heteroatoms.